The fourth-order valence-electron chi connectivity index (χ4n) is 9.36. The summed E-state index contributed by atoms with van der Waals surface area (Å²) < 4.78 is 0. The Morgan fingerprint density at radius 1 is 0.893 bits per heavy atom. The smallest absolute Gasteiger partial charge is 0.262 e. The fourth-order valence-corrected chi connectivity index (χ4v) is 9.57. The number of nitriles is 1. The Labute approximate surface area is 331 Å². The van der Waals surface area contributed by atoms with Crippen LogP contribution in [0, 0.1) is 17.2 Å². The Bertz CT molecular complexity index is 2070. The van der Waals surface area contributed by atoms with E-state index in [1.807, 2.05) is 48.5 Å². The SMILES string of the molecule is CCN(c1ccc(C#N)c(Cl)c1)C1CCC(NC(=O)c2ccc(N3CCC(CN4Cc5cc6c(cc5C4)C(=O)N(C4CCC(=O)NC4=O)C6=O)CC3)cc2)CC1. The molecule has 3 fully saturated rings. The molecule has 290 valence electrons. The zero-order valence-corrected chi connectivity index (χ0v) is 32.3. The van der Waals surface area contributed by atoms with Gasteiger partial charge in [-0.1, -0.05) is 11.6 Å². The third kappa shape index (κ3) is 7.38. The van der Waals surface area contributed by atoms with E-state index < -0.39 is 23.8 Å². The van der Waals surface area contributed by atoms with Gasteiger partial charge in [-0.2, -0.15) is 5.26 Å². The lowest BCUT2D eigenvalue weighted by atomic mass is 9.89. The van der Waals surface area contributed by atoms with Gasteiger partial charge in [0.05, 0.1) is 21.7 Å². The summed E-state index contributed by atoms with van der Waals surface area (Å²) in [7, 11) is 0. The molecule has 1 aliphatic carbocycles. The van der Waals surface area contributed by atoms with Gasteiger partial charge in [-0.3, -0.25) is 39.1 Å². The number of rotatable bonds is 9. The van der Waals surface area contributed by atoms with Crippen molar-refractivity contribution in [2.24, 2.45) is 5.92 Å². The Morgan fingerprint density at radius 2 is 1.55 bits per heavy atom. The number of nitrogens with zero attached hydrogens (tertiary/aromatic N) is 5. The summed E-state index contributed by atoms with van der Waals surface area (Å²) in [5.41, 5.74) is 6.05. The number of imide groups is 2. The second-order valence-corrected chi connectivity index (χ2v) is 16.2. The molecule has 8 rings (SSSR count). The number of piperidine rings is 2. The third-order valence-electron chi connectivity index (χ3n) is 12.4. The molecule has 4 heterocycles. The molecular formula is C43H46ClN7O5. The van der Waals surface area contributed by atoms with E-state index in [1.54, 1.807) is 6.07 Å². The van der Waals surface area contributed by atoms with Crippen LogP contribution in [0.5, 0.6) is 0 Å². The van der Waals surface area contributed by atoms with Crippen LogP contribution in [0.3, 0.4) is 0 Å². The molecular weight excluding hydrogens is 730 g/mol. The highest BCUT2D eigenvalue weighted by Gasteiger charge is 2.45. The Balaban J connectivity index is 0.787. The molecule has 13 heteroatoms. The van der Waals surface area contributed by atoms with E-state index in [9.17, 15) is 29.2 Å². The molecule has 1 unspecified atom stereocenters. The van der Waals surface area contributed by atoms with Crippen molar-refractivity contribution in [1.29, 1.82) is 5.26 Å². The summed E-state index contributed by atoms with van der Waals surface area (Å²) in [4.78, 5) is 72.0. The van der Waals surface area contributed by atoms with E-state index in [0.29, 0.717) is 52.3 Å². The summed E-state index contributed by atoms with van der Waals surface area (Å²) in [6.07, 6.45) is 6.06. The summed E-state index contributed by atoms with van der Waals surface area (Å²) >= 11 is 6.32. The van der Waals surface area contributed by atoms with Gasteiger partial charge in [0.2, 0.25) is 11.8 Å². The molecule has 3 aromatic rings. The second-order valence-electron chi connectivity index (χ2n) is 15.8. The first-order valence-corrected chi connectivity index (χ1v) is 20.2. The summed E-state index contributed by atoms with van der Waals surface area (Å²) in [6.45, 7) is 7.17. The normalized spacial score (nSPS) is 22.8. The van der Waals surface area contributed by atoms with Crippen LogP contribution in [-0.2, 0) is 22.7 Å². The number of benzene rings is 3. The van der Waals surface area contributed by atoms with Crippen molar-refractivity contribution in [3.63, 3.8) is 0 Å². The van der Waals surface area contributed by atoms with Crippen molar-refractivity contribution in [1.82, 2.24) is 20.4 Å². The number of carbonyl (C=O) groups excluding carboxylic acids is 5. The molecule has 12 nitrogen and oxygen atoms in total. The molecule has 5 aliphatic rings. The van der Waals surface area contributed by atoms with Gasteiger partial charge < -0.3 is 15.1 Å². The molecule has 1 saturated carbocycles. The molecule has 0 aromatic heterocycles. The number of nitrogens with one attached hydrogen (secondary N) is 2. The maximum absolute atomic E-state index is 13.3. The zero-order valence-electron chi connectivity index (χ0n) is 31.6. The van der Waals surface area contributed by atoms with Crippen LogP contribution in [0.4, 0.5) is 11.4 Å². The van der Waals surface area contributed by atoms with E-state index in [0.717, 1.165) is 92.1 Å². The van der Waals surface area contributed by atoms with Gasteiger partial charge in [-0.05, 0) is 124 Å². The van der Waals surface area contributed by atoms with Crippen LogP contribution in [-0.4, -0.2) is 83.6 Å². The van der Waals surface area contributed by atoms with E-state index in [4.69, 9.17) is 11.6 Å². The average molecular weight is 776 g/mol. The molecule has 2 saturated heterocycles. The number of hydrogen-bond donors (Lipinski definition) is 2. The van der Waals surface area contributed by atoms with Gasteiger partial charge in [0, 0.05) is 74.7 Å². The predicted molar refractivity (Wildman–Crippen MR) is 211 cm³/mol. The minimum atomic E-state index is -0.960. The molecule has 0 radical (unpaired) electrons. The lowest BCUT2D eigenvalue weighted by molar-refractivity contribution is -0.136. The number of halogens is 1. The number of hydrogen-bond acceptors (Lipinski definition) is 9. The van der Waals surface area contributed by atoms with E-state index >= 15 is 0 Å². The van der Waals surface area contributed by atoms with Crippen molar-refractivity contribution in [2.75, 3.05) is 36.0 Å². The number of amides is 5. The first-order valence-electron chi connectivity index (χ1n) is 19.8. The molecule has 0 spiro atoms. The lowest BCUT2D eigenvalue weighted by Crippen LogP contribution is -2.54. The van der Waals surface area contributed by atoms with Crippen LogP contribution in [0.1, 0.15) is 106 Å². The third-order valence-corrected chi connectivity index (χ3v) is 12.7. The van der Waals surface area contributed by atoms with E-state index in [-0.39, 0.29) is 30.7 Å². The van der Waals surface area contributed by atoms with Gasteiger partial charge in [0.25, 0.3) is 17.7 Å². The maximum atomic E-state index is 13.3. The summed E-state index contributed by atoms with van der Waals surface area (Å²) in [5.74, 6) is -1.44. The minimum absolute atomic E-state index is 0.0397. The first kappa shape index (κ1) is 37.7. The first-order chi connectivity index (χ1) is 27.1. The summed E-state index contributed by atoms with van der Waals surface area (Å²) in [5, 5.41) is 15.2. The highest BCUT2D eigenvalue weighted by molar-refractivity contribution is 6.32. The fraction of sp³-hybridized carbons (Fsp3) is 0.442. The Kier molecular flexibility index (Phi) is 10.6. The van der Waals surface area contributed by atoms with Gasteiger partial charge in [0.1, 0.15) is 12.1 Å². The lowest BCUT2D eigenvalue weighted by Gasteiger charge is -2.38. The largest absolute Gasteiger partial charge is 0.372 e. The van der Waals surface area contributed by atoms with Gasteiger partial charge in [0.15, 0.2) is 0 Å². The van der Waals surface area contributed by atoms with Crippen LogP contribution >= 0.6 is 11.6 Å². The monoisotopic (exact) mass is 775 g/mol. The molecule has 0 bridgehead atoms. The van der Waals surface area contributed by atoms with Gasteiger partial charge in [-0.15, -0.1) is 0 Å². The van der Waals surface area contributed by atoms with Crippen LogP contribution < -0.4 is 20.4 Å². The zero-order chi connectivity index (χ0) is 39.1. The van der Waals surface area contributed by atoms with Crippen molar-refractivity contribution >= 4 is 52.5 Å². The highest BCUT2D eigenvalue weighted by atomic mass is 35.5. The van der Waals surface area contributed by atoms with Crippen LogP contribution in [0.15, 0.2) is 54.6 Å². The predicted octanol–water partition coefficient (Wildman–Crippen LogP) is 5.41. The molecule has 5 amide bonds. The maximum Gasteiger partial charge on any atom is 0.262 e. The molecule has 4 aliphatic heterocycles. The van der Waals surface area contributed by atoms with Crippen molar-refractivity contribution in [3.8, 4) is 6.07 Å². The van der Waals surface area contributed by atoms with Crippen LogP contribution in [0.25, 0.3) is 0 Å². The highest BCUT2D eigenvalue weighted by Crippen LogP contribution is 2.35. The number of fused-ring (bicyclic) bond motifs is 2. The van der Waals surface area contributed by atoms with E-state index in [2.05, 4.69) is 38.3 Å². The summed E-state index contributed by atoms with van der Waals surface area (Å²) in [6, 6.07) is 18.9. The Morgan fingerprint density at radius 3 is 2.14 bits per heavy atom. The van der Waals surface area contributed by atoms with E-state index in [1.165, 1.54) is 0 Å². The average Bonchev–Trinajstić information content (AvgIpc) is 3.70. The standard InChI is InChI=1S/C43H46ClN7O5/c1-2-50(34-10-5-28(22-45)37(44)21-34)33-11-6-31(7-12-33)46-40(53)27-3-8-32(9-4-27)49-17-15-26(16-18-49)23-48-24-29-19-35-36(20-30(29)25-48)43(56)51(42(35)55)38-13-14-39(52)47-41(38)54/h3-5,8-10,19-21,26,31,33,38H,2,6-7,11-18,23-25H2,1H3,(H,46,53)(H,47,52,54). The van der Waals surface area contributed by atoms with Crippen molar-refractivity contribution < 1.29 is 24.0 Å². The quantitative estimate of drug-likeness (QED) is 0.273. The topological polar surface area (TPSA) is 146 Å². The minimum Gasteiger partial charge on any atom is -0.372 e. The molecule has 3 aromatic carbocycles. The van der Waals surface area contributed by atoms with Crippen LogP contribution in [0.2, 0.25) is 5.02 Å². The van der Waals surface area contributed by atoms with Gasteiger partial charge in [-0.25, -0.2) is 0 Å². The number of anilines is 2. The van der Waals surface area contributed by atoms with Crippen molar-refractivity contribution in [2.45, 2.75) is 89.5 Å². The molecule has 2 N–H and O–H groups in total. The molecule has 1 atom stereocenters. The Hall–Kier alpha value is -5.25. The number of carbonyl (C=O) groups is 5. The molecule has 56 heavy (non-hydrogen) atoms. The second kappa shape index (κ2) is 15.7. The van der Waals surface area contributed by atoms with Crippen molar-refractivity contribution in [3.05, 3.63) is 93.0 Å². The van der Waals surface area contributed by atoms with Gasteiger partial charge >= 0.3 is 0 Å².